The number of nitrogens with one attached hydrogen (secondary N) is 1. The van der Waals surface area contributed by atoms with Crippen molar-refractivity contribution >= 4 is 23.4 Å². The maximum atomic E-state index is 5.87. The normalized spacial score (nSPS) is 12.6. The second-order valence-corrected chi connectivity index (χ2v) is 6.52. The van der Waals surface area contributed by atoms with E-state index >= 15 is 0 Å². The quantitative estimate of drug-likeness (QED) is 0.658. The van der Waals surface area contributed by atoms with E-state index in [1.165, 1.54) is 24.8 Å². The van der Waals surface area contributed by atoms with E-state index < -0.39 is 0 Å². The molecule has 0 saturated carbocycles. The molecule has 1 rings (SSSR count). The predicted molar refractivity (Wildman–Crippen MR) is 84.6 cm³/mol. The molecule has 1 unspecified atom stereocenters. The van der Waals surface area contributed by atoms with Crippen molar-refractivity contribution in [1.29, 1.82) is 0 Å². The zero-order chi connectivity index (χ0) is 13.2. The van der Waals surface area contributed by atoms with Crippen molar-refractivity contribution in [2.45, 2.75) is 44.1 Å². The Balaban J connectivity index is 2.09. The predicted octanol–water partition coefficient (Wildman–Crippen LogP) is 4.74. The van der Waals surface area contributed by atoms with E-state index in [1.807, 2.05) is 23.9 Å². The van der Waals surface area contributed by atoms with Gasteiger partial charge in [0.25, 0.3) is 0 Å². The summed E-state index contributed by atoms with van der Waals surface area (Å²) in [5.74, 6) is 1.06. The molecular formula is C15H24ClNS. The molecule has 0 aliphatic heterocycles. The monoisotopic (exact) mass is 285 g/mol. The van der Waals surface area contributed by atoms with Crippen molar-refractivity contribution in [3.05, 3.63) is 34.9 Å². The topological polar surface area (TPSA) is 12.0 Å². The van der Waals surface area contributed by atoms with Crippen LogP contribution in [0.5, 0.6) is 0 Å². The highest BCUT2D eigenvalue weighted by Gasteiger charge is 2.02. The molecule has 1 atom stereocenters. The second-order valence-electron chi connectivity index (χ2n) is 4.66. The Morgan fingerprint density at radius 2 is 1.94 bits per heavy atom. The standard InChI is InChI=1S/C15H24ClNS/c1-3-4-5-10-17-11-13(2)18-12-14-6-8-15(16)9-7-14/h6-9,13,17H,3-5,10-12H2,1-2H3. The number of unbranched alkanes of at least 4 members (excludes halogenated alkanes) is 2. The molecule has 0 aliphatic rings. The fraction of sp³-hybridized carbons (Fsp3) is 0.600. The molecule has 0 aromatic heterocycles. The Bertz CT molecular complexity index is 313. The van der Waals surface area contributed by atoms with Gasteiger partial charge in [-0.3, -0.25) is 0 Å². The van der Waals surface area contributed by atoms with E-state index in [0.29, 0.717) is 5.25 Å². The highest BCUT2D eigenvalue weighted by Crippen LogP contribution is 2.18. The first kappa shape index (κ1) is 15.9. The molecule has 0 heterocycles. The molecular weight excluding hydrogens is 262 g/mol. The van der Waals surface area contributed by atoms with Gasteiger partial charge in [-0.1, -0.05) is 50.4 Å². The average molecular weight is 286 g/mol. The van der Waals surface area contributed by atoms with Gasteiger partial charge in [0.15, 0.2) is 0 Å². The van der Waals surface area contributed by atoms with Crippen molar-refractivity contribution in [2.75, 3.05) is 13.1 Å². The molecule has 1 N–H and O–H groups in total. The smallest absolute Gasteiger partial charge is 0.0406 e. The Morgan fingerprint density at radius 3 is 2.61 bits per heavy atom. The van der Waals surface area contributed by atoms with Crippen LogP contribution in [0, 0.1) is 0 Å². The molecule has 0 aliphatic carbocycles. The number of hydrogen-bond acceptors (Lipinski definition) is 2. The Hall–Kier alpha value is -0.180. The van der Waals surface area contributed by atoms with E-state index in [1.54, 1.807) is 0 Å². The van der Waals surface area contributed by atoms with Crippen LogP contribution in [0.25, 0.3) is 0 Å². The lowest BCUT2D eigenvalue weighted by Crippen LogP contribution is -2.23. The van der Waals surface area contributed by atoms with Crippen LogP contribution in [-0.2, 0) is 5.75 Å². The highest BCUT2D eigenvalue weighted by atomic mass is 35.5. The summed E-state index contributed by atoms with van der Waals surface area (Å²) in [6.45, 7) is 6.78. The Labute approximate surface area is 121 Å². The van der Waals surface area contributed by atoms with Gasteiger partial charge in [-0.05, 0) is 30.7 Å². The third-order valence-corrected chi connectivity index (χ3v) is 4.32. The van der Waals surface area contributed by atoms with E-state index in [4.69, 9.17) is 11.6 Å². The van der Waals surface area contributed by atoms with Crippen LogP contribution in [0.4, 0.5) is 0 Å². The molecule has 0 amide bonds. The molecule has 0 fully saturated rings. The summed E-state index contributed by atoms with van der Waals surface area (Å²) in [4.78, 5) is 0. The molecule has 18 heavy (non-hydrogen) atoms. The number of hydrogen-bond donors (Lipinski definition) is 1. The van der Waals surface area contributed by atoms with E-state index in [2.05, 4.69) is 31.3 Å². The summed E-state index contributed by atoms with van der Waals surface area (Å²) in [6, 6.07) is 8.14. The lowest BCUT2D eigenvalue weighted by atomic mass is 10.2. The summed E-state index contributed by atoms with van der Waals surface area (Å²) < 4.78 is 0. The summed E-state index contributed by atoms with van der Waals surface area (Å²) in [5, 5.41) is 4.99. The molecule has 102 valence electrons. The first-order chi connectivity index (χ1) is 8.72. The molecule has 3 heteroatoms. The van der Waals surface area contributed by atoms with Crippen molar-refractivity contribution in [1.82, 2.24) is 5.32 Å². The fourth-order valence-electron chi connectivity index (χ4n) is 1.68. The van der Waals surface area contributed by atoms with Gasteiger partial charge in [-0.2, -0.15) is 11.8 Å². The molecule has 0 radical (unpaired) electrons. The third-order valence-electron chi connectivity index (χ3n) is 2.84. The lowest BCUT2D eigenvalue weighted by Gasteiger charge is -2.12. The van der Waals surface area contributed by atoms with Gasteiger partial charge in [-0.15, -0.1) is 0 Å². The number of thioether (sulfide) groups is 1. The van der Waals surface area contributed by atoms with Crippen LogP contribution < -0.4 is 5.32 Å². The number of halogens is 1. The Morgan fingerprint density at radius 1 is 1.22 bits per heavy atom. The minimum absolute atomic E-state index is 0.655. The minimum Gasteiger partial charge on any atom is -0.316 e. The first-order valence-electron chi connectivity index (χ1n) is 6.79. The number of benzene rings is 1. The van der Waals surface area contributed by atoms with Crippen LogP contribution in [0.3, 0.4) is 0 Å². The van der Waals surface area contributed by atoms with E-state index in [-0.39, 0.29) is 0 Å². The van der Waals surface area contributed by atoms with Crippen molar-refractivity contribution in [3.8, 4) is 0 Å². The van der Waals surface area contributed by atoms with Crippen molar-refractivity contribution < 1.29 is 0 Å². The summed E-state index contributed by atoms with van der Waals surface area (Å²) in [5.41, 5.74) is 1.35. The van der Waals surface area contributed by atoms with E-state index in [0.717, 1.165) is 23.9 Å². The number of rotatable bonds is 9. The van der Waals surface area contributed by atoms with Gasteiger partial charge < -0.3 is 5.32 Å². The third kappa shape index (κ3) is 7.30. The average Bonchev–Trinajstić information content (AvgIpc) is 2.38. The maximum absolute atomic E-state index is 5.87. The SMILES string of the molecule is CCCCCNCC(C)SCc1ccc(Cl)cc1. The largest absolute Gasteiger partial charge is 0.316 e. The minimum atomic E-state index is 0.655. The maximum Gasteiger partial charge on any atom is 0.0406 e. The summed E-state index contributed by atoms with van der Waals surface area (Å²) in [6.07, 6.45) is 3.92. The van der Waals surface area contributed by atoms with Gasteiger partial charge >= 0.3 is 0 Å². The van der Waals surface area contributed by atoms with Crippen LogP contribution in [0.2, 0.25) is 5.02 Å². The van der Waals surface area contributed by atoms with Crippen LogP contribution in [-0.4, -0.2) is 18.3 Å². The fourth-order valence-corrected chi connectivity index (χ4v) is 2.71. The van der Waals surface area contributed by atoms with Crippen LogP contribution in [0.1, 0.15) is 38.7 Å². The summed E-state index contributed by atoms with van der Waals surface area (Å²) in [7, 11) is 0. The van der Waals surface area contributed by atoms with Gasteiger partial charge in [0.2, 0.25) is 0 Å². The molecule has 1 aromatic carbocycles. The zero-order valence-electron chi connectivity index (χ0n) is 11.4. The molecule has 0 bridgehead atoms. The van der Waals surface area contributed by atoms with Gasteiger partial charge in [0, 0.05) is 22.6 Å². The molecule has 0 saturated heterocycles. The summed E-state index contributed by atoms with van der Waals surface area (Å²) >= 11 is 7.86. The first-order valence-corrected chi connectivity index (χ1v) is 8.21. The van der Waals surface area contributed by atoms with Crippen LogP contribution >= 0.6 is 23.4 Å². The van der Waals surface area contributed by atoms with Gasteiger partial charge in [0.05, 0.1) is 0 Å². The van der Waals surface area contributed by atoms with Gasteiger partial charge in [0.1, 0.15) is 0 Å². The molecule has 1 nitrogen and oxygen atoms in total. The van der Waals surface area contributed by atoms with E-state index in [9.17, 15) is 0 Å². The second kappa shape index (κ2) is 9.71. The molecule has 0 spiro atoms. The highest BCUT2D eigenvalue weighted by molar-refractivity contribution is 7.99. The van der Waals surface area contributed by atoms with Crippen molar-refractivity contribution in [3.63, 3.8) is 0 Å². The Kier molecular flexibility index (Phi) is 8.57. The van der Waals surface area contributed by atoms with Crippen LogP contribution in [0.15, 0.2) is 24.3 Å². The van der Waals surface area contributed by atoms with Gasteiger partial charge in [-0.25, -0.2) is 0 Å². The van der Waals surface area contributed by atoms with Crippen molar-refractivity contribution in [2.24, 2.45) is 0 Å². The molecule has 1 aromatic rings. The zero-order valence-corrected chi connectivity index (χ0v) is 13.0. The lowest BCUT2D eigenvalue weighted by molar-refractivity contribution is 0.615.